The Balaban J connectivity index is 1.30. The summed E-state index contributed by atoms with van der Waals surface area (Å²) in [6.07, 6.45) is 0. The van der Waals surface area contributed by atoms with Gasteiger partial charge in [0.05, 0.1) is 17.5 Å². The highest BCUT2D eigenvalue weighted by Crippen LogP contribution is 2.25. The summed E-state index contributed by atoms with van der Waals surface area (Å²) in [6.45, 7) is 6.49. The average molecular weight is 450 g/mol. The summed E-state index contributed by atoms with van der Waals surface area (Å²) in [7, 11) is 0. The molecule has 1 atom stereocenters. The average Bonchev–Trinajstić information content (AvgIpc) is 3.33. The zero-order valence-corrected chi connectivity index (χ0v) is 18.6. The molecule has 1 aliphatic rings. The number of hydrogen-bond acceptors (Lipinski definition) is 8. The highest BCUT2D eigenvalue weighted by molar-refractivity contribution is 5.82. The van der Waals surface area contributed by atoms with Gasteiger partial charge in [0, 0.05) is 37.8 Å². The molecule has 4 rings (SSSR count). The van der Waals surface area contributed by atoms with Gasteiger partial charge in [-0.1, -0.05) is 47.1 Å². The van der Waals surface area contributed by atoms with Crippen LogP contribution in [0, 0.1) is 17.0 Å². The maximum Gasteiger partial charge on any atom is 0.292 e. The van der Waals surface area contributed by atoms with E-state index in [-0.39, 0.29) is 24.2 Å². The molecule has 1 amide bonds. The van der Waals surface area contributed by atoms with E-state index in [4.69, 9.17) is 4.52 Å². The molecular weight excluding hydrogens is 424 g/mol. The Morgan fingerprint density at radius 2 is 1.85 bits per heavy atom. The molecular formula is C23H26N6O4. The molecule has 0 radical (unpaired) electrons. The Hall–Kier alpha value is -3.79. The molecule has 33 heavy (non-hydrogen) atoms. The van der Waals surface area contributed by atoms with Crippen LogP contribution in [0.15, 0.2) is 53.1 Å². The van der Waals surface area contributed by atoms with Crippen molar-refractivity contribution in [1.29, 1.82) is 0 Å². The molecule has 0 bridgehead atoms. The molecule has 1 N–H and O–H groups in total. The third-order valence-electron chi connectivity index (χ3n) is 5.85. The number of amides is 1. The van der Waals surface area contributed by atoms with E-state index in [2.05, 4.69) is 20.4 Å². The monoisotopic (exact) mass is 450 g/mol. The van der Waals surface area contributed by atoms with Gasteiger partial charge >= 0.3 is 0 Å². The van der Waals surface area contributed by atoms with E-state index >= 15 is 0 Å². The third-order valence-corrected chi connectivity index (χ3v) is 5.85. The molecule has 1 aromatic heterocycles. The van der Waals surface area contributed by atoms with Crippen LogP contribution in [0.3, 0.4) is 0 Å². The molecule has 2 aromatic carbocycles. The normalized spacial score (nSPS) is 15.3. The number of aryl methyl sites for hydroxylation is 1. The molecule has 1 saturated heterocycles. The van der Waals surface area contributed by atoms with Crippen molar-refractivity contribution in [2.24, 2.45) is 0 Å². The van der Waals surface area contributed by atoms with Crippen LogP contribution >= 0.6 is 0 Å². The predicted octanol–water partition coefficient (Wildman–Crippen LogP) is 3.27. The van der Waals surface area contributed by atoms with E-state index in [1.165, 1.54) is 11.6 Å². The van der Waals surface area contributed by atoms with E-state index in [1.54, 1.807) is 23.1 Å². The van der Waals surface area contributed by atoms with Crippen molar-refractivity contribution >= 4 is 17.3 Å². The Morgan fingerprint density at radius 1 is 1.15 bits per heavy atom. The molecule has 3 aromatic rings. The number of carbonyl (C=O) groups is 1. The minimum absolute atomic E-state index is 0.00394. The fraction of sp³-hybridized carbons (Fsp3) is 0.348. The van der Waals surface area contributed by atoms with Gasteiger partial charge in [0.1, 0.15) is 5.69 Å². The van der Waals surface area contributed by atoms with Gasteiger partial charge in [-0.25, -0.2) is 0 Å². The van der Waals surface area contributed by atoms with Crippen LogP contribution in [0.25, 0.3) is 11.4 Å². The van der Waals surface area contributed by atoms with Gasteiger partial charge < -0.3 is 14.7 Å². The molecule has 0 aliphatic carbocycles. The first kappa shape index (κ1) is 22.4. The summed E-state index contributed by atoms with van der Waals surface area (Å²) in [5.74, 6) is 1.01. The maximum absolute atomic E-state index is 12.6. The Morgan fingerprint density at radius 3 is 2.55 bits per heavy atom. The summed E-state index contributed by atoms with van der Waals surface area (Å²) < 4.78 is 5.51. The number of nitrogens with zero attached hydrogens (tertiary/aromatic N) is 5. The lowest BCUT2D eigenvalue weighted by atomic mass is 10.1. The highest BCUT2D eigenvalue weighted by Gasteiger charge is 2.28. The number of aromatic nitrogens is 2. The molecule has 1 unspecified atom stereocenters. The van der Waals surface area contributed by atoms with Crippen LogP contribution in [0.5, 0.6) is 0 Å². The number of anilines is 1. The molecule has 1 fully saturated rings. The molecule has 172 valence electrons. The molecule has 2 heterocycles. The van der Waals surface area contributed by atoms with E-state index in [0.717, 1.165) is 5.56 Å². The Kier molecular flexibility index (Phi) is 6.64. The number of carbonyl (C=O) groups excluding carboxylic acids is 1. The summed E-state index contributed by atoms with van der Waals surface area (Å²) >= 11 is 0. The summed E-state index contributed by atoms with van der Waals surface area (Å²) in [6, 6.07) is 14.2. The van der Waals surface area contributed by atoms with Gasteiger partial charge in [-0.2, -0.15) is 4.98 Å². The van der Waals surface area contributed by atoms with Crippen molar-refractivity contribution in [2.75, 3.05) is 38.0 Å². The van der Waals surface area contributed by atoms with Crippen LogP contribution in [-0.2, 0) is 4.79 Å². The van der Waals surface area contributed by atoms with Crippen LogP contribution in [0.1, 0.15) is 24.4 Å². The van der Waals surface area contributed by atoms with Crippen molar-refractivity contribution in [3.63, 3.8) is 0 Å². The first-order valence-electron chi connectivity index (χ1n) is 10.8. The number of nitro groups is 1. The van der Waals surface area contributed by atoms with E-state index in [0.29, 0.717) is 43.6 Å². The predicted molar refractivity (Wildman–Crippen MR) is 123 cm³/mol. The molecule has 0 saturated carbocycles. The lowest BCUT2D eigenvalue weighted by molar-refractivity contribution is -0.383. The second kappa shape index (κ2) is 9.78. The number of piperazine rings is 1. The third kappa shape index (κ3) is 5.17. The van der Waals surface area contributed by atoms with Gasteiger partial charge in [0.2, 0.25) is 17.6 Å². The summed E-state index contributed by atoms with van der Waals surface area (Å²) in [4.78, 5) is 31.8. The number of hydrogen-bond donors (Lipinski definition) is 1. The summed E-state index contributed by atoms with van der Waals surface area (Å²) in [5, 5.41) is 18.1. The number of rotatable bonds is 7. The van der Waals surface area contributed by atoms with Crippen LogP contribution < -0.4 is 5.32 Å². The minimum atomic E-state index is -0.464. The lowest BCUT2D eigenvalue weighted by Gasteiger charge is -2.36. The van der Waals surface area contributed by atoms with Crippen molar-refractivity contribution in [2.45, 2.75) is 19.9 Å². The second-order valence-electron chi connectivity index (χ2n) is 8.04. The Labute approximate surface area is 191 Å². The van der Waals surface area contributed by atoms with Crippen LogP contribution in [-0.4, -0.2) is 63.5 Å². The van der Waals surface area contributed by atoms with Gasteiger partial charge in [-0.05, 0) is 19.9 Å². The van der Waals surface area contributed by atoms with E-state index in [1.807, 2.05) is 38.1 Å². The number of benzene rings is 2. The van der Waals surface area contributed by atoms with E-state index in [9.17, 15) is 14.9 Å². The first-order chi connectivity index (χ1) is 15.9. The molecule has 0 spiro atoms. The van der Waals surface area contributed by atoms with Crippen LogP contribution in [0.2, 0.25) is 0 Å². The zero-order valence-electron chi connectivity index (χ0n) is 18.6. The standard InChI is InChI=1S/C23H26N6O4/c1-16-7-9-18(10-8-16)22-25-23(33-26-22)17(2)27-11-13-28(14-12-27)21(30)15-24-19-5-3-4-6-20(19)29(31)32/h3-10,17,24H,11-15H2,1-2H3. The van der Waals surface area contributed by atoms with Crippen LogP contribution in [0.4, 0.5) is 11.4 Å². The fourth-order valence-corrected chi connectivity index (χ4v) is 3.80. The SMILES string of the molecule is Cc1ccc(-c2noc(C(C)N3CCN(C(=O)CNc4ccccc4[N+](=O)[O-])CC3)n2)cc1. The lowest BCUT2D eigenvalue weighted by Crippen LogP contribution is -2.50. The largest absolute Gasteiger partial charge is 0.371 e. The molecule has 1 aliphatic heterocycles. The summed E-state index contributed by atoms with van der Waals surface area (Å²) in [5.41, 5.74) is 2.36. The topological polar surface area (TPSA) is 118 Å². The van der Waals surface area contributed by atoms with Crippen molar-refractivity contribution < 1.29 is 14.2 Å². The molecule has 10 heteroatoms. The van der Waals surface area contributed by atoms with E-state index < -0.39 is 4.92 Å². The van der Waals surface area contributed by atoms with Gasteiger partial charge in [0.15, 0.2) is 0 Å². The Bertz CT molecular complexity index is 1120. The number of para-hydroxylation sites is 2. The molecule has 10 nitrogen and oxygen atoms in total. The number of nitrogens with one attached hydrogen (secondary N) is 1. The van der Waals surface area contributed by atoms with Crippen molar-refractivity contribution in [3.8, 4) is 11.4 Å². The zero-order chi connectivity index (χ0) is 23.4. The van der Waals surface area contributed by atoms with Gasteiger partial charge in [-0.15, -0.1) is 0 Å². The smallest absolute Gasteiger partial charge is 0.292 e. The maximum atomic E-state index is 12.6. The second-order valence-corrected chi connectivity index (χ2v) is 8.04. The quantitative estimate of drug-likeness (QED) is 0.430. The number of nitro benzene ring substituents is 1. The van der Waals surface area contributed by atoms with Gasteiger partial charge in [0.25, 0.3) is 5.69 Å². The highest BCUT2D eigenvalue weighted by atomic mass is 16.6. The minimum Gasteiger partial charge on any atom is -0.371 e. The van der Waals surface area contributed by atoms with Gasteiger partial charge in [-0.3, -0.25) is 19.8 Å². The van der Waals surface area contributed by atoms with Crippen molar-refractivity contribution in [1.82, 2.24) is 19.9 Å². The van der Waals surface area contributed by atoms with Crippen molar-refractivity contribution in [3.05, 3.63) is 70.1 Å². The fourth-order valence-electron chi connectivity index (χ4n) is 3.80. The first-order valence-corrected chi connectivity index (χ1v) is 10.8.